The molecule has 0 amide bonds. The molecule has 4 rings (SSSR count). The molecule has 0 saturated heterocycles. The Morgan fingerprint density at radius 1 is 1.10 bits per heavy atom. The lowest BCUT2D eigenvalue weighted by Gasteiger charge is -2.57. The quantitative estimate of drug-likeness (QED) is 0.658. The van der Waals surface area contributed by atoms with Crippen molar-refractivity contribution >= 4 is 11.6 Å². The van der Waals surface area contributed by atoms with Gasteiger partial charge in [-0.3, -0.25) is 9.59 Å². The fraction of sp³-hybridized carbons (Fsp3) is 0.750. The maximum Gasteiger partial charge on any atom is 0.161 e. The molecule has 0 aliphatic heterocycles. The van der Waals surface area contributed by atoms with Crippen molar-refractivity contribution in [3.05, 3.63) is 23.3 Å². The van der Waals surface area contributed by atoms with E-state index < -0.39 is 5.60 Å². The Hall–Kier alpha value is -1.30. The van der Waals surface area contributed by atoms with Crippen LogP contribution in [0.3, 0.4) is 0 Å². The van der Waals surface area contributed by atoms with Gasteiger partial charge in [0.25, 0.3) is 0 Å². The van der Waals surface area contributed by atoms with Gasteiger partial charge in [-0.2, -0.15) is 0 Å². The van der Waals surface area contributed by atoms with Crippen molar-refractivity contribution in [2.75, 3.05) is 13.2 Å². The molecule has 2 saturated carbocycles. The molecule has 5 nitrogen and oxygen atoms in total. The molecule has 162 valence electrons. The lowest BCUT2D eigenvalue weighted by Crippen LogP contribution is -2.56. The van der Waals surface area contributed by atoms with E-state index in [1.807, 2.05) is 6.08 Å². The van der Waals surface area contributed by atoms with Crippen LogP contribution < -0.4 is 0 Å². The van der Waals surface area contributed by atoms with Crippen LogP contribution in [0, 0.1) is 28.6 Å². The van der Waals surface area contributed by atoms with E-state index in [4.69, 9.17) is 10.2 Å². The summed E-state index contributed by atoms with van der Waals surface area (Å²) in [5.41, 5.74) is 1.06. The van der Waals surface area contributed by atoms with E-state index in [9.17, 15) is 14.7 Å². The minimum absolute atomic E-state index is 0.0651. The number of ketones is 2. The van der Waals surface area contributed by atoms with E-state index >= 15 is 0 Å². The first-order chi connectivity index (χ1) is 13.5. The minimum Gasteiger partial charge on any atom is -0.394 e. The predicted octanol–water partition coefficient (Wildman–Crippen LogP) is 2.98. The van der Waals surface area contributed by atoms with Gasteiger partial charge in [0.2, 0.25) is 0 Å². The van der Waals surface area contributed by atoms with Crippen molar-refractivity contribution in [2.24, 2.45) is 28.6 Å². The van der Waals surface area contributed by atoms with Gasteiger partial charge >= 0.3 is 0 Å². The summed E-state index contributed by atoms with van der Waals surface area (Å²) in [6, 6.07) is 0. The van der Waals surface area contributed by atoms with E-state index in [1.165, 1.54) is 11.1 Å². The average Bonchev–Trinajstić information content (AvgIpc) is 2.96. The lowest BCUT2D eigenvalue weighted by molar-refractivity contribution is -0.156. The van der Waals surface area contributed by atoms with E-state index in [0.29, 0.717) is 30.6 Å². The molecule has 3 N–H and O–H groups in total. The Bertz CT molecular complexity index is 750. The van der Waals surface area contributed by atoms with E-state index in [1.54, 1.807) is 6.92 Å². The standard InChI is InChI=1S/C22H30O3.C2H6O2/c1-13-11-16-17(20(3)8-5-15(24)12-19(13)20)6-9-21(4)18(16)7-10-22(21,25)14(2)23;3-1-2-4/h11-12,16-18,25H,5-10H2,1-4H3;3-4H,1-2H2/t16-,17+,18+,20-,21+,22+;/m1./s1. The van der Waals surface area contributed by atoms with Crippen molar-refractivity contribution < 1.29 is 24.9 Å². The van der Waals surface area contributed by atoms with Crippen LogP contribution in [0.5, 0.6) is 0 Å². The number of Topliss-reactive ketones (excluding diaryl/α,β-unsaturated/α-hetero) is 1. The summed E-state index contributed by atoms with van der Waals surface area (Å²) in [6.45, 7) is 7.92. The number of carbonyl (C=O) groups is 2. The average molecular weight is 405 g/mol. The van der Waals surface area contributed by atoms with Crippen molar-refractivity contribution in [1.29, 1.82) is 0 Å². The summed E-state index contributed by atoms with van der Waals surface area (Å²) in [5, 5.41) is 26.4. The number of fused-ring (bicyclic) bond motifs is 5. The number of hydrogen-bond donors (Lipinski definition) is 3. The Labute approximate surface area is 173 Å². The predicted molar refractivity (Wildman–Crippen MR) is 111 cm³/mol. The highest BCUT2D eigenvalue weighted by Crippen LogP contribution is 2.67. The first kappa shape index (κ1) is 22.4. The highest BCUT2D eigenvalue weighted by atomic mass is 16.3. The lowest BCUT2D eigenvalue weighted by atomic mass is 9.47. The van der Waals surface area contributed by atoms with Crippen LogP contribution in [0.15, 0.2) is 23.3 Å². The number of carbonyl (C=O) groups excluding carboxylic acids is 2. The smallest absolute Gasteiger partial charge is 0.161 e. The van der Waals surface area contributed by atoms with Crippen LogP contribution in [0.2, 0.25) is 0 Å². The van der Waals surface area contributed by atoms with Gasteiger partial charge in [-0.05, 0) is 80.8 Å². The Morgan fingerprint density at radius 2 is 1.72 bits per heavy atom. The Morgan fingerprint density at radius 3 is 2.31 bits per heavy atom. The second kappa shape index (κ2) is 7.75. The molecule has 0 unspecified atom stereocenters. The maximum absolute atomic E-state index is 12.3. The molecule has 0 aromatic rings. The number of rotatable bonds is 2. The molecule has 0 aromatic carbocycles. The third-order valence-corrected chi connectivity index (χ3v) is 8.66. The summed E-state index contributed by atoms with van der Waals surface area (Å²) >= 11 is 0. The fourth-order valence-corrected chi connectivity index (χ4v) is 7.01. The summed E-state index contributed by atoms with van der Waals surface area (Å²) in [7, 11) is 0. The van der Waals surface area contributed by atoms with Gasteiger partial charge < -0.3 is 15.3 Å². The molecular formula is C24H36O5. The van der Waals surface area contributed by atoms with Crippen LogP contribution in [-0.4, -0.2) is 45.7 Å². The number of aliphatic hydroxyl groups is 3. The second-order valence-corrected chi connectivity index (χ2v) is 9.94. The van der Waals surface area contributed by atoms with E-state index in [2.05, 4.69) is 26.8 Å². The topological polar surface area (TPSA) is 94.8 Å². The first-order valence-electron chi connectivity index (χ1n) is 10.9. The summed E-state index contributed by atoms with van der Waals surface area (Å²) in [4.78, 5) is 24.3. The van der Waals surface area contributed by atoms with Crippen molar-refractivity contribution in [1.82, 2.24) is 0 Å². The molecule has 0 spiro atoms. The summed E-state index contributed by atoms with van der Waals surface area (Å²) < 4.78 is 0. The number of aliphatic hydroxyl groups excluding tert-OH is 2. The molecule has 5 heteroatoms. The third kappa shape index (κ3) is 3.26. The SMILES string of the molecule is CC(=O)[C@@]1(O)CC[C@H]2[C@@H]3C=C(C)C4=CC(=O)CC[C@]4(C)[C@H]3CC[C@@]21C.OCCO. The van der Waals surface area contributed by atoms with Gasteiger partial charge in [0.1, 0.15) is 5.60 Å². The molecule has 0 radical (unpaired) electrons. The van der Waals surface area contributed by atoms with Crippen LogP contribution in [-0.2, 0) is 9.59 Å². The zero-order chi connectivity index (χ0) is 21.6. The minimum atomic E-state index is -1.16. The molecule has 4 aliphatic carbocycles. The molecule has 4 aliphatic rings. The second-order valence-electron chi connectivity index (χ2n) is 9.94. The normalized spacial score (nSPS) is 43.1. The van der Waals surface area contributed by atoms with Crippen LogP contribution in [0.4, 0.5) is 0 Å². The third-order valence-electron chi connectivity index (χ3n) is 8.66. The van der Waals surface area contributed by atoms with Gasteiger partial charge in [-0.15, -0.1) is 0 Å². The molecular weight excluding hydrogens is 368 g/mol. The van der Waals surface area contributed by atoms with Crippen molar-refractivity contribution in [3.63, 3.8) is 0 Å². The zero-order valence-electron chi connectivity index (χ0n) is 18.2. The monoisotopic (exact) mass is 404 g/mol. The van der Waals surface area contributed by atoms with Crippen LogP contribution >= 0.6 is 0 Å². The number of hydrogen-bond acceptors (Lipinski definition) is 5. The Balaban J connectivity index is 0.000000552. The van der Waals surface area contributed by atoms with Gasteiger partial charge in [-0.1, -0.05) is 25.5 Å². The highest BCUT2D eigenvalue weighted by molar-refractivity contribution is 5.92. The first-order valence-corrected chi connectivity index (χ1v) is 10.9. The summed E-state index contributed by atoms with van der Waals surface area (Å²) in [5.74, 6) is 1.46. The maximum atomic E-state index is 12.3. The molecule has 0 aromatic heterocycles. The van der Waals surface area contributed by atoms with Gasteiger partial charge in [0.15, 0.2) is 11.6 Å². The van der Waals surface area contributed by atoms with Crippen LogP contribution in [0.1, 0.15) is 66.2 Å². The fourth-order valence-electron chi connectivity index (χ4n) is 7.01. The Kier molecular flexibility index (Phi) is 5.98. The summed E-state index contributed by atoms with van der Waals surface area (Å²) in [6.07, 6.45) is 9.28. The largest absolute Gasteiger partial charge is 0.394 e. The molecule has 6 atom stereocenters. The van der Waals surface area contributed by atoms with E-state index in [0.717, 1.165) is 25.7 Å². The van der Waals surface area contributed by atoms with Crippen molar-refractivity contribution in [3.8, 4) is 0 Å². The molecule has 0 heterocycles. The zero-order valence-corrected chi connectivity index (χ0v) is 18.2. The molecule has 29 heavy (non-hydrogen) atoms. The van der Waals surface area contributed by atoms with E-state index in [-0.39, 0.29) is 35.6 Å². The van der Waals surface area contributed by atoms with Gasteiger partial charge in [-0.25, -0.2) is 0 Å². The highest BCUT2D eigenvalue weighted by Gasteiger charge is 2.65. The molecule has 0 bridgehead atoms. The van der Waals surface area contributed by atoms with Gasteiger partial charge in [0, 0.05) is 11.8 Å². The van der Waals surface area contributed by atoms with Gasteiger partial charge in [0.05, 0.1) is 13.2 Å². The van der Waals surface area contributed by atoms with Crippen LogP contribution in [0.25, 0.3) is 0 Å². The van der Waals surface area contributed by atoms with Crippen molar-refractivity contribution in [2.45, 2.75) is 71.8 Å². The molecule has 2 fully saturated rings. The number of allylic oxidation sites excluding steroid dienone is 4.